The molecule has 0 aliphatic rings. The number of nitrogens with zero attached hydrogens (tertiary/aromatic N) is 1. The van der Waals surface area contributed by atoms with E-state index in [1.165, 1.54) is 26.4 Å². The van der Waals surface area contributed by atoms with Crippen molar-refractivity contribution in [3.05, 3.63) is 53.6 Å². The number of carbonyl (C=O) groups excluding carboxylic acids is 1. The number of ether oxygens (including phenoxy) is 2. The van der Waals surface area contributed by atoms with Gasteiger partial charge in [0.1, 0.15) is 4.90 Å². The van der Waals surface area contributed by atoms with Crippen LogP contribution in [-0.4, -0.2) is 46.6 Å². The Kier molecular flexibility index (Phi) is 9.34. The molecule has 188 valence electrons. The number of hydrogen-bond acceptors (Lipinski definition) is 6. The molecule has 0 N–H and O–H groups in total. The van der Waals surface area contributed by atoms with Gasteiger partial charge in [0.2, 0.25) is 5.91 Å². The molecule has 0 fully saturated rings. The second-order valence-electron chi connectivity index (χ2n) is 7.95. The summed E-state index contributed by atoms with van der Waals surface area (Å²) in [4.78, 5) is 13.6. The topological polar surface area (TPSA) is 82.1 Å². The Bertz CT molecular complexity index is 1090. The first-order valence-electron chi connectivity index (χ1n) is 10.4. The van der Waals surface area contributed by atoms with Gasteiger partial charge in [-0.05, 0) is 41.8 Å². The van der Waals surface area contributed by atoms with Gasteiger partial charge < -0.3 is 18.6 Å². The van der Waals surface area contributed by atoms with Crippen LogP contribution in [0.5, 0.6) is 11.5 Å². The van der Waals surface area contributed by atoms with Crippen LogP contribution < -0.4 is 8.92 Å². The molecule has 0 radical (unpaired) electrons. The molecule has 2 aromatic rings. The predicted octanol–water partition coefficient (Wildman–Crippen LogP) is 4.50. The van der Waals surface area contributed by atoms with Crippen LogP contribution >= 0.6 is 0 Å². The number of benzene rings is 2. The molecule has 1 amide bonds. The number of alkyl halides is 3. The van der Waals surface area contributed by atoms with Gasteiger partial charge in [-0.3, -0.25) is 4.79 Å². The largest absolute Gasteiger partial charge is 0.493 e. The molecule has 34 heavy (non-hydrogen) atoms. The molecule has 0 spiro atoms. The lowest BCUT2D eigenvalue weighted by molar-refractivity contribution is -0.137. The summed E-state index contributed by atoms with van der Waals surface area (Å²) < 4.78 is 79.9. The normalized spacial score (nSPS) is 12.0. The summed E-state index contributed by atoms with van der Waals surface area (Å²) in [5.41, 5.74) is -0.571. The Morgan fingerprint density at radius 2 is 1.76 bits per heavy atom. The smallest absolute Gasteiger partial charge is 0.416 e. The van der Waals surface area contributed by atoms with Crippen molar-refractivity contribution in [2.24, 2.45) is 5.92 Å². The van der Waals surface area contributed by atoms with Crippen molar-refractivity contribution in [2.75, 3.05) is 27.4 Å². The SMILES string of the molecule is COCCN(Cc1ccc(OC)c(OS(=O)(=O)c2cccc(C(F)(F)F)c2)c1)C(=O)CC(C)C. The number of methoxy groups -OCH3 is 2. The second-order valence-corrected chi connectivity index (χ2v) is 9.50. The first kappa shape index (κ1) is 27.5. The van der Waals surface area contributed by atoms with Crippen molar-refractivity contribution in [1.82, 2.24) is 4.90 Å². The van der Waals surface area contributed by atoms with Crippen molar-refractivity contribution < 1.29 is 40.0 Å². The minimum Gasteiger partial charge on any atom is -0.493 e. The van der Waals surface area contributed by atoms with Gasteiger partial charge in [0.05, 0.1) is 19.3 Å². The average Bonchev–Trinajstić information content (AvgIpc) is 2.75. The van der Waals surface area contributed by atoms with Crippen molar-refractivity contribution in [3.8, 4) is 11.5 Å². The quantitative estimate of drug-likeness (QED) is 0.420. The summed E-state index contributed by atoms with van der Waals surface area (Å²) in [5.74, 6) is -0.0940. The molecule has 0 heterocycles. The van der Waals surface area contributed by atoms with Gasteiger partial charge in [0, 0.05) is 26.6 Å². The molecular weight excluding hydrogens is 475 g/mol. The minimum absolute atomic E-state index is 0.0660. The van der Waals surface area contributed by atoms with E-state index >= 15 is 0 Å². The van der Waals surface area contributed by atoms with E-state index in [1.54, 1.807) is 11.0 Å². The number of halogens is 3. The van der Waals surface area contributed by atoms with Gasteiger partial charge in [-0.15, -0.1) is 0 Å². The van der Waals surface area contributed by atoms with Gasteiger partial charge in [0.25, 0.3) is 0 Å². The highest BCUT2D eigenvalue weighted by atomic mass is 32.2. The van der Waals surface area contributed by atoms with Crippen LogP contribution in [0.1, 0.15) is 31.4 Å². The van der Waals surface area contributed by atoms with Gasteiger partial charge in [-0.1, -0.05) is 26.0 Å². The Labute approximate surface area is 197 Å². The van der Waals surface area contributed by atoms with Crippen molar-refractivity contribution in [2.45, 2.75) is 37.9 Å². The average molecular weight is 504 g/mol. The molecule has 0 saturated carbocycles. The monoisotopic (exact) mass is 503 g/mol. The van der Waals surface area contributed by atoms with Crippen molar-refractivity contribution >= 4 is 16.0 Å². The molecule has 0 aromatic heterocycles. The Balaban J connectivity index is 2.35. The van der Waals surface area contributed by atoms with E-state index in [0.717, 1.165) is 18.2 Å². The zero-order valence-corrected chi connectivity index (χ0v) is 20.2. The van der Waals surface area contributed by atoms with E-state index in [0.29, 0.717) is 31.2 Å². The van der Waals surface area contributed by atoms with E-state index in [4.69, 9.17) is 13.7 Å². The lowest BCUT2D eigenvalue weighted by atomic mass is 10.1. The van der Waals surface area contributed by atoms with Crippen LogP contribution in [0.25, 0.3) is 0 Å². The lowest BCUT2D eigenvalue weighted by Gasteiger charge is -2.24. The molecule has 0 atom stereocenters. The first-order chi connectivity index (χ1) is 15.9. The van der Waals surface area contributed by atoms with Gasteiger partial charge in [0.15, 0.2) is 11.5 Å². The molecular formula is C23H28F3NO6S. The lowest BCUT2D eigenvalue weighted by Crippen LogP contribution is -2.34. The third kappa shape index (κ3) is 7.63. The molecule has 11 heteroatoms. The van der Waals surface area contributed by atoms with Crippen LogP contribution in [-0.2, 0) is 32.4 Å². The Hall–Kier alpha value is -2.79. The second kappa shape index (κ2) is 11.6. The molecule has 0 bridgehead atoms. The molecule has 0 unspecified atom stereocenters. The number of carbonyl (C=O) groups is 1. The molecule has 0 aliphatic carbocycles. The summed E-state index contributed by atoms with van der Waals surface area (Å²) in [5, 5.41) is 0. The maximum Gasteiger partial charge on any atom is 0.416 e. The van der Waals surface area contributed by atoms with E-state index < -0.39 is 26.8 Å². The summed E-state index contributed by atoms with van der Waals surface area (Å²) in [6.45, 7) is 4.63. The number of amides is 1. The fraction of sp³-hybridized carbons (Fsp3) is 0.435. The zero-order chi connectivity index (χ0) is 25.5. The summed E-state index contributed by atoms with van der Waals surface area (Å²) >= 11 is 0. The zero-order valence-electron chi connectivity index (χ0n) is 19.4. The highest BCUT2D eigenvalue weighted by Gasteiger charge is 2.32. The highest BCUT2D eigenvalue weighted by Crippen LogP contribution is 2.34. The van der Waals surface area contributed by atoms with E-state index in [1.807, 2.05) is 13.8 Å². The molecule has 2 aromatic carbocycles. The standard InChI is InChI=1S/C23H28F3NO6S/c1-16(2)12-22(28)27(10-11-31-3)15-17-8-9-20(32-4)21(13-17)33-34(29,30)19-7-5-6-18(14-19)23(24,25)26/h5-9,13-14,16H,10-12,15H2,1-4H3. The Morgan fingerprint density at radius 1 is 1.06 bits per heavy atom. The van der Waals surface area contributed by atoms with Crippen molar-refractivity contribution in [3.63, 3.8) is 0 Å². The highest BCUT2D eigenvalue weighted by molar-refractivity contribution is 7.87. The molecule has 7 nitrogen and oxygen atoms in total. The van der Waals surface area contributed by atoms with Crippen LogP contribution in [0.15, 0.2) is 47.4 Å². The van der Waals surface area contributed by atoms with Crippen molar-refractivity contribution in [1.29, 1.82) is 0 Å². The minimum atomic E-state index is -4.71. The molecule has 0 saturated heterocycles. The Morgan fingerprint density at radius 3 is 2.35 bits per heavy atom. The van der Waals surface area contributed by atoms with Crippen LogP contribution in [0.2, 0.25) is 0 Å². The first-order valence-corrected chi connectivity index (χ1v) is 11.8. The fourth-order valence-electron chi connectivity index (χ4n) is 3.07. The third-order valence-electron chi connectivity index (χ3n) is 4.75. The summed E-state index contributed by atoms with van der Waals surface area (Å²) in [6.07, 6.45) is -4.38. The van der Waals surface area contributed by atoms with Gasteiger partial charge in [-0.25, -0.2) is 0 Å². The van der Waals surface area contributed by atoms with Gasteiger partial charge >= 0.3 is 16.3 Å². The third-order valence-corrected chi connectivity index (χ3v) is 5.98. The van der Waals surface area contributed by atoms with Crippen LogP contribution in [0, 0.1) is 5.92 Å². The van der Waals surface area contributed by atoms with Gasteiger partial charge in [-0.2, -0.15) is 21.6 Å². The van der Waals surface area contributed by atoms with E-state index in [2.05, 4.69) is 0 Å². The fourth-order valence-corrected chi connectivity index (χ4v) is 4.05. The van der Waals surface area contributed by atoms with Crippen LogP contribution in [0.3, 0.4) is 0 Å². The summed E-state index contributed by atoms with van der Waals surface area (Å²) in [6, 6.07) is 7.76. The van der Waals surface area contributed by atoms with Crippen LogP contribution in [0.4, 0.5) is 13.2 Å². The number of hydrogen-bond donors (Lipinski definition) is 0. The maximum absolute atomic E-state index is 13.0. The maximum atomic E-state index is 13.0. The molecule has 2 rings (SSSR count). The van der Waals surface area contributed by atoms with E-state index in [9.17, 15) is 26.4 Å². The predicted molar refractivity (Wildman–Crippen MR) is 119 cm³/mol. The summed E-state index contributed by atoms with van der Waals surface area (Å²) in [7, 11) is -1.78. The van der Waals surface area contributed by atoms with E-state index in [-0.39, 0.29) is 29.9 Å². The molecule has 0 aliphatic heterocycles. The number of rotatable bonds is 11.